The van der Waals surface area contributed by atoms with Crippen LogP contribution in [0.2, 0.25) is 0 Å². The Kier molecular flexibility index (Phi) is 4.86. The lowest BCUT2D eigenvalue weighted by Gasteiger charge is -2.37. The van der Waals surface area contributed by atoms with Crippen molar-refractivity contribution in [1.82, 2.24) is 4.90 Å². The standard InChI is InChI=1S/C20H23N3O2/c1-13(18(21)14-7-3-2-4-8-14)20(25)23-12-16-10-6-5-9-15(16)11-17(23)19(22)24/h2-10,13,17-18H,11-12,21H2,1H3,(H2,22,24). The van der Waals surface area contributed by atoms with E-state index in [2.05, 4.69) is 0 Å². The molecule has 1 heterocycles. The van der Waals surface area contributed by atoms with Crippen molar-refractivity contribution in [2.75, 3.05) is 0 Å². The van der Waals surface area contributed by atoms with Crippen molar-refractivity contribution in [3.05, 3.63) is 71.3 Å². The van der Waals surface area contributed by atoms with Crippen LogP contribution < -0.4 is 11.5 Å². The molecular weight excluding hydrogens is 314 g/mol. The molecule has 0 aliphatic carbocycles. The molecule has 2 amide bonds. The Morgan fingerprint density at radius 1 is 1.04 bits per heavy atom. The predicted octanol–water partition coefficient (Wildman–Crippen LogP) is 1.76. The minimum Gasteiger partial charge on any atom is -0.368 e. The van der Waals surface area contributed by atoms with Crippen molar-refractivity contribution in [3.63, 3.8) is 0 Å². The highest BCUT2D eigenvalue weighted by Gasteiger charge is 2.36. The Balaban J connectivity index is 1.85. The van der Waals surface area contributed by atoms with Gasteiger partial charge in [-0.05, 0) is 16.7 Å². The number of rotatable bonds is 4. The van der Waals surface area contributed by atoms with E-state index < -0.39 is 23.9 Å². The smallest absolute Gasteiger partial charge is 0.240 e. The first-order valence-corrected chi connectivity index (χ1v) is 8.46. The second-order valence-corrected chi connectivity index (χ2v) is 6.58. The molecule has 1 aliphatic heterocycles. The van der Waals surface area contributed by atoms with Crippen LogP contribution in [-0.2, 0) is 22.6 Å². The highest BCUT2D eigenvalue weighted by Crippen LogP contribution is 2.28. The summed E-state index contributed by atoms with van der Waals surface area (Å²) in [6.07, 6.45) is 0.449. The van der Waals surface area contributed by atoms with Crippen LogP contribution in [0, 0.1) is 5.92 Å². The number of fused-ring (bicyclic) bond motifs is 1. The minimum atomic E-state index is -0.632. The first kappa shape index (κ1) is 17.2. The van der Waals surface area contributed by atoms with Gasteiger partial charge in [0, 0.05) is 19.0 Å². The van der Waals surface area contributed by atoms with Gasteiger partial charge in [-0.1, -0.05) is 61.5 Å². The van der Waals surface area contributed by atoms with Crippen LogP contribution in [0.5, 0.6) is 0 Å². The summed E-state index contributed by atoms with van der Waals surface area (Å²) in [6.45, 7) is 2.19. The maximum atomic E-state index is 13.1. The van der Waals surface area contributed by atoms with Crippen LogP contribution in [0.1, 0.15) is 29.7 Å². The van der Waals surface area contributed by atoms with E-state index in [1.807, 2.05) is 54.6 Å². The fourth-order valence-corrected chi connectivity index (χ4v) is 3.39. The van der Waals surface area contributed by atoms with E-state index in [9.17, 15) is 9.59 Å². The highest BCUT2D eigenvalue weighted by atomic mass is 16.2. The van der Waals surface area contributed by atoms with Gasteiger partial charge in [-0.15, -0.1) is 0 Å². The lowest BCUT2D eigenvalue weighted by atomic mass is 9.89. The van der Waals surface area contributed by atoms with Crippen LogP contribution in [-0.4, -0.2) is 22.8 Å². The minimum absolute atomic E-state index is 0.144. The summed E-state index contributed by atoms with van der Waals surface area (Å²) < 4.78 is 0. The van der Waals surface area contributed by atoms with Crippen molar-refractivity contribution in [2.45, 2.75) is 32.0 Å². The number of hydrogen-bond acceptors (Lipinski definition) is 3. The van der Waals surface area contributed by atoms with Crippen LogP contribution in [0.25, 0.3) is 0 Å². The van der Waals surface area contributed by atoms with Crippen molar-refractivity contribution in [3.8, 4) is 0 Å². The lowest BCUT2D eigenvalue weighted by Crippen LogP contribution is -2.53. The molecule has 3 unspecified atom stereocenters. The molecule has 3 atom stereocenters. The van der Waals surface area contributed by atoms with Crippen LogP contribution >= 0.6 is 0 Å². The third-order valence-electron chi connectivity index (χ3n) is 4.97. The van der Waals surface area contributed by atoms with E-state index in [0.717, 1.165) is 16.7 Å². The number of carbonyl (C=O) groups is 2. The van der Waals surface area contributed by atoms with E-state index in [0.29, 0.717) is 13.0 Å². The van der Waals surface area contributed by atoms with Crippen molar-refractivity contribution < 1.29 is 9.59 Å². The number of hydrogen-bond donors (Lipinski definition) is 2. The van der Waals surface area contributed by atoms with Gasteiger partial charge in [0.15, 0.2) is 0 Å². The monoisotopic (exact) mass is 337 g/mol. The summed E-state index contributed by atoms with van der Waals surface area (Å²) in [5.74, 6) is -1.08. The SMILES string of the molecule is CC(C(=O)N1Cc2ccccc2CC1C(N)=O)C(N)c1ccccc1. The average molecular weight is 337 g/mol. The fraction of sp³-hybridized carbons (Fsp3) is 0.300. The zero-order valence-corrected chi connectivity index (χ0v) is 14.3. The van der Waals surface area contributed by atoms with E-state index in [1.54, 1.807) is 11.8 Å². The van der Waals surface area contributed by atoms with Gasteiger partial charge in [-0.25, -0.2) is 0 Å². The van der Waals surface area contributed by atoms with Crippen molar-refractivity contribution in [2.24, 2.45) is 17.4 Å². The Morgan fingerprint density at radius 3 is 2.28 bits per heavy atom. The number of carbonyl (C=O) groups excluding carboxylic acids is 2. The molecular formula is C20H23N3O2. The molecule has 5 heteroatoms. The van der Waals surface area contributed by atoms with Gasteiger partial charge in [0.1, 0.15) is 6.04 Å². The van der Waals surface area contributed by atoms with Gasteiger partial charge >= 0.3 is 0 Å². The molecule has 0 radical (unpaired) electrons. The van der Waals surface area contributed by atoms with Crippen molar-refractivity contribution in [1.29, 1.82) is 0 Å². The summed E-state index contributed by atoms with van der Waals surface area (Å²) in [5.41, 5.74) is 14.9. The molecule has 0 saturated heterocycles. The number of nitrogens with two attached hydrogens (primary N) is 2. The average Bonchev–Trinajstić information content (AvgIpc) is 2.65. The van der Waals surface area contributed by atoms with E-state index in [4.69, 9.17) is 11.5 Å². The van der Waals surface area contributed by atoms with Gasteiger partial charge in [0.2, 0.25) is 11.8 Å². The maximum absolute atomic E-state index is 13.1. The number of benzene rings is 2. The largest absolute Gasteiger partial charge is 0.368 e. The maximum Gasteiger partial charge on any atom is 0.240 e. The third kappa shape index (κ3) is 3.42. The van der Waals surface area contributed by atoms with E-state index >= 15 is 0 Å². The van der Waals surface area contributed by atoms with Gasteiger partial charge in [0.05, 0.1) is 5.92 Å². The van der Waals surface area contributed by atoms with Crippen LogP contribution in [0.4, 0.5) is 0 Å². The predicted molar refractivity (Wildman–Crippen MR) is 96.2 cm³/mol. The molecule has 3 rings (SSSR count). The fourth-order valence-electron chi connectivity index (χ4n) is 3.39. The Morgan fingerprint density at radius 2 is 1.64 bits per heavy atom. The van der Waals surface area contributed by atoms with Gasteiger partial charge in [-0.3, -0.25) is 9.59 Å². The summed E-state index contributed by atoms with van der Waals surface area (Å²) in [6, 6.07) is 16.3. The molecule has 0 aromatic heterocycles. The quantitative estimate of drug-likeness (QED) is 0.891. The summed E-state index contributed by atoms with van der Waals surface area (Å²) in [4.78, 5) is 26.6. The number of primary amides is 1. The Hall–Kier alpha value is -2.66. The topological polar surface area (TPSA) is 89.4 Å². The van der Waals surface area contributed by atoms with E-state index in [-0.39, 0.29) is 5.91 Å². The Labute approximate surface area is 147 Å². The number of nitrogens with zero attached hydrogens (tertiary/aromatic N) is 1. The third-order valence-corrected chi connectivity index (χ3v) is 4.97. The van der Waals surface area contributed by atoms with Gasteiger partial charge in [0.25, 0.3) is 0 Å². The van der Waals surface area contributed by atoms with E-state index in [1.165, 1.54) is 0 Å². The first-order valence-electron chi connectivity index (χ1n) is 8.46. The number of amides is 2. The molecule has 0 spiro atoms. The normalized spacial score (nSPS) is 19.0. The van der Waals surface area contributed by atoms with Crippen LogP contribution in [0.15, 0.2) is 54.6 Å². The molecule has 2 aromatic carbocycles. The summed E-state index contributed by atoms with van der Waals surface area (Å²) in [7, 11) is 0. The summed E-state index contributed by atoms with van der Waals surface area (Å²) >= 11 is 0. The molecule has 1 aliphatic rings. The van der Waals surface area contributed by atoms with Gasteiger partial charge < -0.3 is 16.4 Å². The molecule has 0 fully saturated rings. The zero-order chi connectivity index (χ0) is 18.0. The molecule has 0 saturated carbocycles. The Bertz CT molecular complexity index is 776. The second-order valence-electron chi connectivity index (χ2n) is 6.58. The molecule has 5 nitrogen and oxygen atoms in total. The summed E-state index contributed by atoms with van der Waals surface area (Å²) in [5, 5.41) is 0. The van der Waals surface area contributed by atoms with Gasteiger partial charge in [-0.2, -0.15) is 0 Å². The molecule has 0 bridgehead atoms. The molecule has 4 N–H and O–H groups in total. The lowest BCUT2D eigenvalue weighted by molar-refractivity contribution is -0.144. The second kappa shape index (κ2) is 7.07. The molecule has 25 heavy (non-hydrogen) atoms. The highest BCUT2D eigenvalue weighted by molar-refractivity contribution is 5.88. The first-order chi connectivity index (χ1) is 12.0. The van der Waals surface area contributed by atoms with Crippen LogP contribution in [0.3, 0.4) is 0 Å². The van der Waals surface area contributed by atoms with Crippen molar-refractivity contribution >= 4 is 11.8 Å². The molecule has 2 aromatic rings. The molecule has 130 valence electrons. The zero-order valence-electron chi connectivity index (χ0n) is 14.3.